The molecule has 0 aliphatic rings. The highest BCUT2D eigenvalue weighted by Gasteiger charge is 2.10. The zero-order valence-corrected chi connectivity index (χ0v) is 16.0. The molecule has 0 N–H and O–H groups in total. The third kappa shape index (κ3) is 3.74. The van der Waals surface area contributed by atoms with E-state index >= 15 is 0 Å². The summed E-state index contributed by atoms with van der Waals surface area (Å²) in [5.74, 6) is 0.0389. The van der Waals surface area contributed by atoms with Crippen LogP contribution in [0.3, 0.4) is 0 Å². The molecule has 3 heteroatoms. The first kappa shape index (κ1) is 17.8. The molecule has 4 aromatic rings. The Morgan fingerprint density at radius 2 is 0.786 bits per heavy atom. The molecule has 2 aromatic carbocycles. The summed E-state index contributed by atoms with van der Waals surface area (Å²) in [5.41, 5.74) is 5.87. The van der Waals surface area contributed by atoms with E-state index in [1.807, 2.05) is 96.5 Å². The van der Waals surface area contributed by atoms with Crippen LogP contribution in [0, 0.1) is 0 Å². The van der Waals surface area contributed by atoms with Crippen LogP contribution in [0.4, 0.5) is 0 Å². The van der Waals surface area contributed by atoms with Crippen molar-refractivity contribution in [2.24, 2.45) is 14.1 Å². The molecule has 2 aromatic heterocycles. The van der Waals surface area contributed by atoms with Crippen LogP contribution in [0.25, 0.3) is 22.3 Å². The maximum Gasteiger partial charge on any atom is 0.193 e. The molecule has 136 valence electrons. The van der Waals surface area contributed by atoms with Crippen LogP contribution < -0.4 is 9.13 Å². The van der Waals surface area contributed by atoms with Crippen LogP contribution in [0.15, 0.2) is 97.6 Å². The predicted octanol–water partition coefficient (Wildman–Crippen LogP) is 3.90. The largest absolute Gasteiger partial charge is 0.289 e. The van der Waals surface area contributed by atoms with Crippen LogP contribution in [-0.4, -0.2) is 5.78 Å². The lowest BCUT2D eigenvalue weighted by atomic mass is 9.98. The van der Waals surface area contributed by atoms with Crippen molar-refractivity contribution in [3.63, 3.8) is 0 Å². The minimum Gasteiger partial charge on any atom is -0.289 e. The van der Waals surface area contributed by atoms with E-state index in [1.165, 1.54) is 0 Å². The third-order valence-electron chi connectivity index (χ3n) is 4.92. The number of ketones is 1. The molecule has 3 nitrogen and oxygen atoms in total. The Bertz CT molecular complexity index is 1000. The molecule has 0 radical (unpaired) electrons. The van der Waals surface area contributed by atoms with Crippen LogP contribution in [0.1, 0.15) is 15.9 Å². The van der Waals surface area contributed by atoms with Gasteiger partial charge in [0, 0.05) is 35.4 Å². The van der Waals surface area contributed by atoms with Crippen molar-refractivity contribution >= 4 is 5.78 Å². The highest BCUT2D eigenvalue weighted by molar-refractivity contribution is 6.09. The van der Waals surface area contributed by atoms with E-state index in [0.29, 0.717) is 11.1 Å². The van der Waals surface area contributed by atoms with Gasteiger partial charge in [0.2, 0.25) is 0 Å². The fourth-order valence-corrected chi connectivity index (χ4v) is 3.18. The van der Waals surface area contributed by atoms with Gasteiger partial charge in [-0.3, -0.25) is 4.79 Å². The van der Waals surface area contributed by atoms with Gasteiger partial charge in [-0.25, -0.2) is 9.13 Å². The number of pyridine rings is 2. The number of carbonyl (C=O) groups excluding carboxylic acids is 1. The summed E-state index contributed by atoms with van der Waals surface area (Å²) in [4.78, 5) is 12.8. The Labute approximate surface area is 165 Å². The van der Waals surface area contributed by atoms with Crippen molar-refractivity contribution in [1.82, 2.24) is 0 Å². The first-order chi connectivity index (χ1) is 13.6. The van der Waals surface area contributed by atoms with Gasteiger partial charge in [0.25, 0.3) is 0 Å². The van der Waals surface area contributed by atoms with E-state index in [-0.39, 0.29) is 5.78 Å². The standard InChI is InChI=1S/C25H22N2O/c1-26-15-11-21(12-16-26)19-3-7-23(8-4-19)25(28)24-9-5-20(6-10-24)22-13-17-27(2)18-14-22/h3-18H,1-2H3/q+2. The zero-order chi connectivity index (χ0) is 19.5. The SMILES string of the molecule is C[n+]1ccc(-c2ccc(C(=O)c3ccc(-c4cc[n+](C)cc4)cc3)cc2)cc1. The van der Waals surface area contributed by atoms with Crippen molar-refractivity contribution in [2.45, 2.75) is 0 Å². The Kier molecular flexibility index (Phi) is 4.81. The molecule has 0 atom stereocenters. The molecule has 0 fully saturated rings. The van der Waals surface area contributed by atoms with E-state index in [9.17, 15) is 4.79 Å². The number of aryl methyl sites for hydroxylation is 2. The monoisotopic (exact) mass is 366 g/mol. The van der Waals surface area contributed by atoms with Crippen LogP contribution >= 0.6 is 0 Å². The van der Waals surface area contributed by atoms with Gasteiger partial charge in [-0.05, 0) is 22.3 Å². The lowest BCUT2D eigenvalue weighted by Crippen LogP contribution is -2.25. The topological polar surface area (TPSA) is 24.8 Å². The van der Waals surface area contributed by atoms with E-state index < -0.39 is 0 Å². The number of aromatic nitrogens is 2. The van der Waals surface area contributed by atoms with Gasteiger partial charge in [-0.15, -0.1) is 0 Å². The number of carbonyl (C=O) groups is 1. The molecule has 0 amide bonds. The summed E-state index contributed by atoms with van der Waals surface area (Å²) >= 11 is 0. The molecule has 0 aliphatic carbocycles. The fourth-order valence-electron chi connectivity index (χ4n) is 3.18. The van der Waals surface area contributed by atoms with Gasteiger partial charge in [-0.1, -0.05) is 48.5 Å². The number of benzene rings is 2. The molecular formula is C25H22N2O+2. The molecule has 4 rings (SSSR count). The normalized spacial score (nSPS) is 10.6. The summed E-state index contributed by atoms with van der Waals surface area (Å²) in [5, 5.41) is 0. The Morgan fingerprint density at radius 3 is 1.11 bits per heavy atom. The second kappa shape index (κ2) is 7.57. The van der Waals surface area contributed by atoms with Crippen LogP contribution in [-0.2, 0) is 14.1 Å². The quantitative estimate of drug-likeness (QED) is 0.397. The number of rotatable bonds is 4. The molecule has 0 unspecified atom stereocenters. The van der Waals surface area contributed by atoms with Gasteiger partial charge in [-0.2, -0.15) is 0 Å². The van der Waals surface area contributed by atoms with Gasteiger partial charge in [0.05, 0.1) is 0 Å². The van der Waals surface area contributed by atoms with Crippen molar-refractivity contribution in [1.29, 1.82) is 0 Å². The third-order valence-corrected chi connectivity index (χ3v) is 4.92. The minimum absolute atomic E-state index is 0.0389. The van der Waals surface area contributed by atoms with Crippen molar-refractivity contribution < 1.29 is 13.9 Å². The van der Waals surface area contributed by atoms with Gasteiger partial charge in [0.1, 0.15) is 14.1 Å². The summed E-state index contributed by atoms with van der Waals surface area (Å²) in [6, 6.07) is 23.9. The predicted molar refractivity (Wildman–Crippen MR) is 110 cm³/mol. The van der Waals surface area contributed by atoms with Crippen LogP contribution in [0.2, 0.25) is 0 Å². The van der Waals surface area contributed by atoms with Gasteiger partial charge >= 0.3 is 0 Å². The van der Waals surface area contributed by atoms with E-state index in [2.05, 4.69) is 24.3 Å². The lowest BCUT2D eigenvalue weighted by Gasteiger charge is -2.06. The summed E-state index contributed by atoms with van der Waals surface area (Å²) in [6.07, 6.45) is 8.07. The van der Waals surface area contributed by atoms with Crippen molar-refractivity contribution in [3.05, 3.63) is 109 Å². The zero-order valence-electron chi connectivity index (χ0n) is 16.0. The molecule has 0 spiro atoms. The number of hydrogen-bond acceptors (Lipinski definition) is 1. The highest BCUT2D eigenvalue weighted by Crippen LogP contribution is 2.22. The van der Waals surface area contributed by atoms with Crippen molar-refractivity contribution in [2.75, 3.05) is 0 Å². The first-order valence-corrected chi connectivity index (χ1v) is 9.26. The number of hydrogen-bond donors (Lipinski definition) is 0. The Hall–Kier alpha value is -3.59. The minimum atomic E-state index is 0.0389. The Morgan fingerprint density at radius 1 is 0.500 bits per heavy atom. The lowest BCUT2D eigenvalue weighted by molar-refractivity contribution is -0.671. The van der Waals surface area contributed by atoms with Crippen molar-refractivity contribution in [3.8, 4) is 22.3 Å². The molecule has 0 saturated carbocycles. The van der Waals surface area contributed by atoms with Gasteiger partial charge < -0.3 is 0 Å². The smallest absolute Gasteiger partial charge is 0.193 e. The molecule has 28 heavy (non-hydrogen) atoms. The molecule has 2 heterocycles. The molecule has 0 bridgehead atoms. The number of nitrogens with zero attached hydrogens (tertiary/aromatic N) is 2. The summed E-state index contributed by atoms with van der Waals surface area (Å²) in [6.45, 7) is 0. The molecule has 0 aliphatic heterocycles. The maximum absolute atomic E-state index is 12.8. The molecule has 0 saturated heterocycles. The Balaban J connectivity index is 1.54. The summed E-state index contributed by atoms with van der Waals surface area (Å²) in [7, 11) is 3.99. The first-order valence-electron chi connectivity index (χ1n) is 9.26. The van der Waals surface area contributed by atoms with E-state index in [1.54, 1.807) is 0 Å². The maximum atomic E-state index is 12.8. The second-order valence-electron chi connectivity index (χ2n) is 6.99. The molecular weight excluding hydrogens is 344 g/mol. The summed E-state index contributed by atoms with van der Waals surface area (Å²) < 4.78 is 4.00. The van der Waals surface area contributed by atoms with E-state index in [0.717, 1.165) is 22.3 Å². The second-order valence-corrected chi connectivity index (χ2v) is 6.99. The van der Waals surface area contributed by atoms with E-state index in [4.69, 9.17) is 0 Å². The fraction of sp³-hybridized carbons (Fsp3) is 0.0800. The highest BCUT2D eigenvalue weighted by atomic mass is 16.1. The average molecular weight is 366 g/mol. The van der Waals surface area contributed by atoms with Gasteiger partial charge in [0.15, 0.2) is 30.6 Å². The van der Waals surface area contributed by atoms with Crippen LogP contribution in [0.5, 0.6) is 0 Å². The average Bonchev–Trinajstić information content (AvgIpc) is 2.75.